The van der Waals surface area contributed by atoms with Gasteiger partial charge in [0, 0.05) is 29.1 Å². The van der Waals surface area contributed by atoms with Gasteiger partial charge in [0.25, 0.3) is 0 Å². The second kappa shape index (κ2) is 9.09. The first kappa shape index (κ1) is 21.0. The van der Waals surface area contributed by atoms with E-state index in [0.29, 0.717) is 29.2 Å². The average molecular weight is 378 g/mol. The highest BCUT2D eigenvalue weighted by Gasteiger charge is 2.20. The van der Waals surface area contributed by atoms with Crippen LogP contribution in [0.2, 0.25) is 0 Å². The van der Waals surface area contributed by atoms with Crippen LogP contribution in [-0.2, 0) is 6.54 Å². The molecule has 5 nitrogen and oxygen atoms in total. The summed E-state index contributed by atoms with van der Waals surface area (Å²) in [5, 5.41) is 9.65. The average Bonchev–Trinajstić information content (AvgIpc) is 2.94. The van der Waals surface area contributed by atoms with Gasteiger partial charge < -0.3 is 14.0 Å². The van der Waals surface area contributed by atoms with Crippen molar-refractivity contribution in [2.24, 2.45) is 0 Å². The number of para-hydroxylation sites is 1. The fourth-order valence-electron chi connectivity index (χ4n) is 3.06. The molecule has 0 radical (unpaired) electrons. The van der Waals surface area contributed by atoms with Gasteiger partial charge in [0.1, 0.15) is 11.6 Å². The number of hydrogen-bond donors (Lipinski definition) is 0. The van der Waals surface area contributed by atoms with Crippen molar-refractivity contribution in [3.05, 3.63) is 65.0 Å². The lowest BCUT2D eigenvalue weighted by Crippen LogP contribution is -2.09. The van der Waals surface area contributed by atoms with E-state index >= 15 is 0 Å². The molecule has 0 atom stereocenters. The van der Waals surface area contributed by atoms with E-state index in [-0.39, 0.29) is 17.5 Å². The number of nitriles is 1. The van der Waals surface area contributed by atoms with Crippen molar-refractivity contribution >= 4 is 11.9 Å². The number of aryl methyl sites for hydroxylation is 1. The third-order valence-electron chi connectivity index (χ3n) is 4.38. The fraction of sp³-hybridized carbons (Fsp3) is 0.304. The molecule has 0 aliphatic rings. The van der Waals surface area contributed by atoms with Crippen LogP contribution in [0.3, 0.4) is 0 Å². The fourth-order valence-corrected chi connectivity index (χ4v) is 3.06. The number of hydrogen-bond acceptors (Lipinski definition) is 4. The van der Waals surface area contributed by atoms with Crippen molar-refractivity contribution in [3.63, 3.8) is 0 Å². The molecule has 0 spiro atoms. The van der Waals surface area contributed by atoms with E-state index in [0.717, 1.165) is 11.4 Å². The summed E-state index contributed by atoms with van der Waals surface area (Å²) in [7, 11) is 1.56. The summed E-state index contributed by atoms with van der Waals surface area (Å²) in [6.45, 7) is 12.0. The van der Waals surface area contributed by atoms with Crippen LogP contribution < -0.4 is 9.47 Å². The van der Waals surface area contributed by atoms with Crippen molar-refractivity contribution in [1.29, 1.82) is 5.26 Å². The summed E-state index contributed by atoms with van der Waals surface area (Å²) in [4.78, 5) is 13.1. The Labute approximate surface area is 166 Å². The quantitative estimate of drug-likeness (QED) is 0.284. The second-order valence-corrected chi connectivity index (χ2v) is 6.73. The first-order chi connectivity index (χ1) is 13.3. The molecule has 0 saturated heterocycles. The lowest BCUT2D eigenvalue weighted by molar-refractivity contribution is 0.103. The highest BCUT2D eigenvalue weighted by molar-refractivity contribution is 6.15. The monoisotopic (exact) mass is 378 g/mol. The Kier molecular flexibility index (Phi) is 6.84. The molecule has 0 bridgehead atoms. The molecule has 0 fully saturated rings. The predicted molar refractivity (Wildman–Crippen MR) is 111 cm³/mol. The van der Waals surface area contributed by atoms with Gasteiger partial charge in [-0.05, 0) is 45.9 Å². The highest BCUT2D eigenvalue weighted by Crippen LogP contribution is 2.34. The number of aromatic nitrogens is 1. The van der Waals surface area contributed by atoms with Crippen molar-refractivity contribution < 1.29 is 14.3 Å². The third-order valence-corrected chi connectivity index (χ3v) is 4.38. The van der Waals surface area contributed by atoms with Gasteiger partial charge >= 0.3 is 0 Å². The molecule has 1 aromatic heterocycles. The Hall–Kier alpha value is -3.26. The standard InChI is InChI=1S/C23H26N2O3/c1-7-11-25-16(4)12-20(17(25)5)22(26)19(14-24)13-18-9-8-10-21(27-6)23(18)28-15(2)3/h7-10,12-13,15H,1,11H2,2-6H3/b19-13+. The molecule has 28 heavy (non-hydrogen) atoms. The van der Waals surface area contributed by atoms with Crippen LogP contribution in [0.1, 0.15) is 41.2 Å². The van der Waals surface area contributed by atoms with Crippen LogP contribution in [0.5, 0.6) is 11.5 Å². The SMILES string of the molecule is C=CCn1c(C)cc(C(=O)/C(C#N)=C/c2cccc(OC)c2OC(C)C)c1C. The second-order valence-electron chi connectivity index (χ2n) is 6.73. The number of allylic oxidation sites excluding steroid dienone is 2. The van der Waals surface area contributed by atoms with Gasteiger partial charge in [-0.3, -0.25) is 4.79 Å². The summed E-state index contributed by atoms with van der Waals surface area (Å²) in [6.07, 6.45) is 3.26. The molecule has 5 heteroatoms. The Bertz CT molecular complexity index is 959. The van der Waals surface area contributed by atoms with Crippen molar-refractivity contribution in [2.75, 3.05) is 7.11 Å². The Morgan fingerprint density at radius 1 is 1.36 bits per heavy atom. The molecule has 0 aliphatic carbocycles. The Morgan fingerprint density at radius 3 is 2.64 bits per heavy atom. The zero-order valence-electron chi connectivity index (χ0n) is 17.1. The van der Waals surface area contributed by atoms with E-state index in [1.807, 2.05) is 44.4 Å². The Morgan fingerprint density at radius 2 is 2.07 bits per heavy atom. The molecule has 0 N–H and O–H groups in total. The normalized spacial score (nSPS) is 11.2. The molecular weight excluding hydrogens is 352 g/mol. The van der Waals surface area contributed by atoms with E-state index in [4.69, 9.17) is 9.47 Å². The Balaban J connectivity index is 2.53. The van der Waals surface area contributed by atoms with Crippen LogP contribution in [0, 0.1) is 25.2 Å². The van der Waals surface area contributed by atoms with Crippen LogP contribution in [-0.4, -0.2) is 23.6 Å². The van der Waals surface area contributed by atoms with Gasteiger partial charge in [0.2, 0.25) is 5.78 Å². The van der Waals surface area contributed by atoms with Gasteiger partial charge in [-0.15, -0.1) is 6.58 Å². The summed E-state index contributed by atoms with van der Waals surface area (Å²) in [6, 6.07) is 9.23. The zero-order chi connectivity index (χ0) is 20.8. The molecule has 0 aliphatic heterocycles. The molecule has 1 heterocycles. The molecule has 0 amide bonds. The van der Waals surface area contributed by atoms with Crippen molar-refractivity contribution in [1.82, 2.24) is 4.57 Å². The third kappa shape index (κ3) is 4.34. The van der Waals surface area contributed by atoms with Crippen LogP contribution in [0.25, 0.3) is 6.08 Å². The summed E-state index contributed by atoms with van der Waals surface area (Å²) in [5.74, 6) is 0.748. The largest absolute Gasteiger partial charge is 0.493 e. The molecule has 0 unspecified atom stereocenters. The van der Waals surface area contributed by atoms with Crippen LogP contribution >= 0.6 is 0 Å². The summed E-state index contributed by atoms with van der Waals surface area (Å²) < 4.78 is 13.2. The molecule has 2 aromatic rings. The van der Waals surface area contributed by atoms with Crippen molar-refractivity contribution in [3.8, 4) is 17.6 Å². The van der Waals surface area contributed by atoms with Crippen molar-refractivity contribution in [2.45, 2.75) is 40.3 Å². The topological polar surface area (TPSA) is 64.2 Å². The van der Waals surface area contributed by atoms with Gasteiger partial charge in [0.15, 0.2) is 11.5 Å². The summed E-state index contributed by atoms with van der Waals surface area (Å²) >= 11 is 0. The minimum atomic E-state index is -0.316. The van der Waals surface area contributed by atoms with E-state index in [1.54, 1.807) is 37.5 Å². The minimum absolute atomic E-state index is 0.0423. The van der Waals surface area contributed by atoms with Crippen LogP contribution in [0.15, 0.2) is 42.5 Å². The molecule has 1 aromatic carbocycles. The number of ether oxygens (including phenoxy) is 2. The molecule has 2 rings (SSSR count). The first-order valence-corrected chi connectivity index (χ1v) is 9.11. The number of Topliss-reactive ketones (excluding diaryl/α,β-unsaturated/α-hetero) is 1. The lowest BCUT2D eigenvalue weighted by Gasteiger charge is -2.16. The van der Waals surface area contributed by atoms with Gasteiger partial charge in [-0.1, -0.05) is 18.2 Å². The molecule has 146 valence electrons. The van der Waals surface area contributed by atoms with E-state index in [2.05, 4.69) is 6.58 Å². The van der Waals surface area contributed by atoms with Crippen LogP contribution in [0.4, 0.5) is 0 Å². The lowest BCUT2D eigenvalue weighted by atomic mass is 10.0. The predicted octanol–water partition coefficient (Wildman–Crippen LogP) is 4.88. The molecular formula is C23H26N2O3. The minimum Gasteiger partial charge on any atom is -0.493 e. The number of benzene rings is 1. The number of carbonyl (C=O) groups excluding carboxylic acids is 1. The number of ketones is 1. The first-order valence-electron chi connectivity index (χ1n) is 9.11. The smallest absolute Gasteiger partial charge is 0.205 e. The maximum absolute atomic E-state index is 13.1. The zero-order valence-corrected chi connectivity index (χ0v) is 17.1. The highest BCUT2D eigenvalue weighted by atomic mass is 16.5. The number of carbonyl (C=O) groups is 1. The molecule has 0 saturated carbocycles. The number of nitrogens with zero attached hydrogens (tertiary/aromatic N) is 2. The van der Waals surface area contributed by atoms with E-state index < -0.39 is 0 Å². The van der Waals surface area contributed by atoms with Gasteiger partial charge in [0.05, 0.1) is 13.2 Å². The van der Waals surface area contributed by atoms with Gasteiger partial charge in [-0.2, -0.15) is 5.26 Å². The number of methoxy groups -OCH3 is 1. The maximum Gasteiger partial charge on any atom is 0.205 e. The van der Waals surface area contributed by atoms with E-state index in [1.165, 1.54) is 0 Å². The van der Waals surface area contributed by atoms with Gasteiger partial charge in [-0.25, -0.2) is 0 Å². The number of rotatable bonds is 8. The van der Waals surface area contributed by atoms with E-state index in [9.17, 15) is 10.1 Å². The summed E-state index contributed by atoms with van der Waals surface area (Å²) in [5.41, 5.74) is 2.94. The maximum atomic E-state index is 13.1.